The number of primary amides is 1. The number of pyridine rings is 1. The molecule has 2 aromatic heterocycles. The highest BCUT2D eigenvalue weighted by Gasteiger charge is 2.27. The number of aromatic nitrogens is 3. The fourth-order valence-electron chi connectivity index (χ4n) is 2.66. The van der Waals surface area contributed by atoms with E-state index in [4.69, 9.17) is 22.4 Å². The van der Waals surface area contributed by atoms with Crippen LogP contribution in [-0.4, -0.2) is 38.2 Å². The van der Waals surface area contributed by atoms with Gasteiger partial charge in [0.05, 0.1) is 12.7 Å². The van der Waals surface area contributed by atoms with Crippen molar-refractivity contribution in [2.45, 2.75) is 32.0 Å². The Balaban J connectivity index is 1.82. The first-order chi connectivity index (χ1) is 10.6. The van der Waals surface area contributed by atoms with Crippen LogP contribution in [0.2, 0.25) is 0 Å². The highest BCUT2D eigenvalue weighted by molar-refractivity contribution is 7.71. The van der Waals surface area contributed by atoms with Gasteiger partial charge in [0.15, 0.2) is 0 Å². The molecule has 0 aliphatic carbocycles. The van der Waals surface area contributed by atoms with Gasteiger partial charge in [0.25, 0.3) is 4.84 Å². The summed E-state index contributed by atoms with van der Waals surface area (Å²) in [4.78, 5) is 17.8. The molecule has 0 unspecified atom stereocenters. The summed E-state index contributed by atoms with van der Waals surface area (Å²) in [6, 6.07) is 3.34. The fourth-order valence-corrected chi connectivity index (χ4v) is 2.84. The molecule has 3 rings (SSSR count). The van der Waals surface area contributed by atoms with Gasteiger partial charge in [-0.3, -0.25) is 14.7 Å². The minimum absolute atomic E-state index is 0.267. The molecule has 8 heteroatoms. The number of hydrogen-bond donors (Lipinski definition) is 1. The Morgan fingerprint density at radius 1 is 1.41 bits per heavy atom. The molecular weight excluding hydrogens is 302 g/mol. The molecule has 0 saturated carbocycles. The van der Waals surface area contributed by atoms with Crippen molar-refractivity contribution in [3.05, 3.63) is 29.4 Å². The molecular formula is C14H17N5O2S. The predicted octanol–water partition coefficient (Wildman–Crippen LogP) is 1.56. The van der Waals surface area contributed by atoms with Gasteiger partial charge in [-0.05, 0) is 37.2 Å². The lowest BCUT2D eigenvalue weighted by atomic mass is 10.0. The molecule has 1 saturated heterocycles. The summed E-state index contributed by atoms with van der Waals surface area (Å²) in [6.07, 6.45) is 6.15. The third-order valence-corrected chi connectivity index (χ3v) is 4.09. The monoisotopic (exact) mass is 319 g/mol. The summed E-state index contributed by atoms with van der Waals surface area (Å²) in [5, 5.41) is 4.39. The molecule has 1 amide bonds. The summed E-state index contributed by atoms with van der Waals surface area (Å²) in [6.45, 7) is 1.20. The first-order valence-corrected chi connectivity index (χ1v) is 7.57. The Labute approximate surface area is 132 Å². The van der Waals surface area contributed by atoms with E-state index in [1.807, 2.05) is 4.90 Å². The van der Waals surface area contributed by atoms with Gasteiger partial charge in [-0.25, -0.2) is 4.68 Å². The van der Waals surface area contributed by atoms with Crippen LogP contribution in [0.15, 0.2) is 28.9 Å². The zero-order valence-electron chi connectivity index (χ0n) is 12.0. The molecule has 1 aliphatic heterocycles. The molecule has 7 nitrogen and oxygen atoms in total. The first kappa shape index (κ1) is 14.9. The van der Waals surface area contributed by atoms with Crippen LogP contribution >= 0.6 is 12.2 Å². The molecule has 0 radical (unpaired) electrons. The first-order valence-electron chi connectivity index (χ1n) is 7.17. The highest BCUT2D eigenvalue weighted by atomic mass is 32.1. The summed E-state index contributed by atoms with van der Waals surface area (Å²) < 4.78 is 7.12. The van der Waals surface area contributed by atoms with Crippen molar-refractivity contribution < 1.29 is 9.21 Å². The zero-order chi connectivity index (χ0) is 15.5. The van der Waals surface area contributed by atoms with Crippen LogP contribution in [0.5, 0.6) is 0 Å². The topological polar surface area (TPSA) is 90.2 Å². The molecule has 2 aromatic rings. The van der Waals surface area contributed by atoms with E-state index in [0.29, 0.717) is 12.6 Å². The van der Waals surface area contributed by atoms with Gasteiger partial charge < -0.3 is 10.2 Å². The fraction of sp³-hybridized carbons (Fsp3) is 0.429. The second kappa shape index (κ2) is 6.37. The van der Waals surface area contributed by atoms with Gasteiger partial charge in [-0.2, -0.15) is 0 Å². The van der Waals surface area contributed by atoms with Gasteiger partial charge in [-0.15, -0.1) is 5.10 Å². The number of carbonyl (C=O) groups excluding carboxylic acids is 1. The molecule has 0 aromatic carbocycles. The number of hydrogen-bond acceptors (Lipinski definition) is 6. The Bertz CT molecular complexity index is 712. The van der Waals surface area contributed by atoms with Crippen molar-refractivity contribution in [1.29, 1.82) is 0 Å². The van der Waals surface area contributed by atoms with Crippen LogP contribution in [0.4, 0.5) is 0 Å². The average Bonchev–Trinajstić information content (AvgIpc) is 2.90. The van der Waals surface area contributed by atoms with Gasteiger partial charge in [0.1, 0.15) is 0 Å². The van der Waals surface area contributed by atoms with E-state index in [0.717, 1.165) is 31.4 Å². The van der Waals surface area contributed by atoms with Crippen LogP contribution in [0.25, 0.3) is 11.5 Å². The molecule has 116 valence electrons. The van der Waals surface area contributed by atoms with Crippen LogP contribution in [-0.2, 0) is 11.5 Å². The van der Waals surface area contributed by atoms with E-state index in [9.17, 15) is 4.79 Å². The Morgan fingerprint density at radius 3 is 2.91 bits per heavy atom. The number of nitrogens with zero attached hydrogens (tertiary/aromatic N) is 4. The molecule has 2 N–H and O–H groups in total. The SMILES string of the molecule is NC(=O)[C@@H]1CCCCN1Cn1nc(-c2ccncc2)oc1=S. The number of carbonyl (C=O) groups is 1. The Kier molecular flexibility index (Phi) is 4.30. The van der Waals surface area contributed by atoms with Crippen molar-refractivity contribution in [3.8, 4) is 11.5 Å². The van der Waals surface area contributed by atoms with Gasteiger partial charge in [0, 0.05) is 24.5 Å². The van der Waals surface area contributed by atoms with Gasteiger partial charge in [0.2, 0.25) is 11.8 Å². The van der Waals surface area contributed by atoms with Gasteiger partial charge in [-0.1, -0.05) is 6.42 Å². The number of rotatable bonds is 4. The zero-order valence-corrected chi connectivity index (χ0v) is 12.8. The maximum atomic E-state index is 11.6. The molecule has 1 aliphatic rings. The highest BCUT2D eigenvalue weighted by Crippen LogP contribution is 2.20. The second-order valence-electron chi connectivity index (χ2n) is 5.28. The Hall–Kier alpha value is -2.06. The van der Waals surface area contributed by atoms with Crippen molar-refractivity contribution in [1.82, 2.24) is 19.7 Å². The molecule has 22 heavy (non-hydrogen) atoms. The van der Waals surface area contributed by atoms with Crippen molar-refractivity contribution >= 4 is 18.1 Å². The summed E-state index contributed by atoms with van der Waals surface area (Å²) in [5.41, 5.74) is 6.29. The molecule has 3 heterocycles. The van der Waals surface area contributed by atoms with Crippen LogP contribution < -0.4 is 5.73 Å². The smallest absolute Gasteiger partial charge is 0.288 e. The number of piperidine rings is 1. The number of likely N-dealkylation sites (tertiary alicyclic amines) is 1. The minimum atomic E-state index is -0.302. The molecule has 0 spiro atoms. The van der Waals surface area contributed by atoms with Crippen LogP contribution in [0.1, 0.15) is 19.3 Å². The molecule has 1 atom stereocenters. The molecule has 1 fully saturated rings. The van der Waals surface area contributed by atoms with Crippen LogP contribution in [0.3, 0.4) is 0 Å². The van der Waals surface area contributed by atoms with E-state index in [-0.39, 0.29) is 16.8 Å². The summed E-state index contributed by atoms with van der Waals surface area (Å²) >= 11 is 5.22. The Morgan fingerprint density at radius 2 is 2.18 bits per heavy atom. The van der Waals surface area contributed by atoms with E-state index < -0.39 is 0 Å². The van der Waals surface area contributed by atoms with Crippen LogP contribution in [0, 0.1) is 4.84 Å². The normalized spacial score (nSPS) is 19.2. The van der Waals surface area contributed by atoms with E-state index in [1.165, 1.54) is 0 Å². The third-order valence-electron chi connectivity index (χ3n) is 3.79. The predicted molar refractivity (Wildman–Crippen MR) is 82.1 cm³/mol. The number of amides is 1. The van der Waals surface area contributed by atoms with Crippen molar-refractivity contribution in [3.63, 3.8) is 0 Å². The summed E-state index contributed by atoms with van der Waals surface area (Å²) in [5.74, 6) is 0.143. The average molecular weight is 319 g/mol. The lowest BCUT2D eigenvalue weighted by Crippen LogP contribution is -2.48. The van der Waals surface area contributed by atoms with Crippen molar-refractivity contribution in [2.24, 2.45) is 5.73 Å². The van der Waals surface area contributed by atoms with Gasteiger partial charge >= 0.3 is 0 Å². The standard InChI is InChI=1S/C14H17N5O2S/c15-12(20)11-3-1-2-8-18(11)9-19-14(22)21-13(17-19)10-4-6-16-7-5-10/h4-7,11H,1-3,8-9H2,(H2,15,20)/t11-/m0/s1. The largest absolute Gasteiger partial charge is 0.409 e. The van der Waals surface area contributed by atoms with Crippen molar-refractivity contribution in [2.75, 3.05) is 6.54 Å². The quantitative estimate of drug-likeness (QED) is 0.860. The summed E-state index contributed by atoms with van der Waals surface area (Å²) in [7, 11) is 0. The number of nitrogens with two attached hydrogens (primary N) is 1. The maximum absolute atomic E-state index is 11.6. The lowest BCUT2D eigenvalue weighted by molar-refractivity contribution is -0.125. The molecule has 0 bridgehead atoms. The van der Waals surface area contributed by atoms with E-state index in [2.05, 4.69) is 10.1 Å². The van der Waals surface area contributed by atoms with E-state index >= 15 is 0 Å². The second-order valence-corrected chi connectivity index (χ2v) is 5.63. The third kappa shape index (κ3) is 3.07. The van der Waals surface area contributed by atoms with E-state index in [1.54, 1.807) is 29.2 Å². The maximum Gasteiger partial charge on any atom is 0.288 e. The lowest BCUT2D eigenvalue weighted by Gasteiger charge is -2.32. The minimum Gasteiger partial charge on any atom is -0.409 e.